The van der Waals surface area contributed by atoms with Crippen molar-refractivity contribution >= 4 is 5.69 Å². The van der Waals surface area contributed by atoms with Gasteiger partial charge in [0.25, 0.3) is 0 Å². The van der Waals surface area contributed by atoms with Crippen molar-refractivity contribution in [1.29, 1.82) is 0 Å². The molecule has 100 valence electrons. The lowest BCUT2D eigenvalue weighted by Gasteiger charge is -2.18. The summed E-state index contributed by atoms with van der Waals surface area (Å²) in [6, 6.07) is 12.6. The van der Waals surface area contributed by atoms with Crippen molar-refractivity contribution < 1.29 is 4.74 Å². The van der Waals surface area contributed by atoms with Gasteiger partial charge in [0.15, 0.2) is 0 Å². The Kier molecular flexibility index (Phi) is 4.93. The van der Waals surface area contributed by atoms with Crippen molar-refractivity contribution in [2.75, 3.05) is 19.0 Å². The molecule has 0 spiro atoms. The maximum Gasteiger partial charge on any atom is 0.0503 e. The molecule has 0 aliphatic carbocycles. The highest BCUT2D eigenvalue weighted by Crippen LogP contribution is 2.22. The molecule has 0 bridgehead atoms. The van der Waals surface area contributed by atoms with Gasteiger partial charge in [0.1, 0.15) is 0 Å². The fourth-order valence-corrected chi connectivity index (χ4v) is 2.04. The zero-order valence-corrected chi connectivity index (χ0v) is 11.5. The zero-order chi connectivity index (χ0) is 13.5. The minimum atomic E-state index is 0.234. The maximum absolute atomic E-state index is 5.15. The second kappa shape index (κ2) is 6.90. The van der Waals surface area contributed by atoms with E-state index in [-0.39, 0.29) is 6.04 Å². The molecule has 0 radical (unpaired) electrons. The van der Waals surface area contributed by atoms with E-state index in [9.17, 15) is 0 Å². The average molecular weight is 256 g/mol. The van der Waals surface area contributed by atoms with Gasteiger partial charge in [-0.3, -0.25) is 4.98 Å². The minimum absolute atomic E-state index is 0.234. The van der Waals surface area contributed by atoms with Crippen LogP contribution in [0.15, 0.2) is 48.8 Å². The number of anilines is 1. The normalized spacial score (nSPS) is 12.1. The topological polar surface area (TPSA) is 34.1 Å². The van der Waals surface area contributed by atoms with E-state index in [1.807, 2.05) is 12.3 Å². The van der Waals surface area contributed by atoms with Crippen LogP contribution in [0.2, 0.25) is 0 Å². The zero-order valence-electron chi connectivity index (χ0n) is 11.5. The lowest BCUT2D eigenvalue weighted by molar-refractivity contribution is 0.202. The summed E-state index contributed by atoms with van der Waals surface area (Å²) in [5.41, 5.74) is 3.63. The fourth-order valence-electron chi connectivity index (χ4n) is 2.04. The van der Waals surface area contributed by atoms with Gasteiger partial charge in [-0.15, -0.1) is 0 Å². The lowest BCUT2D eigenvalue weighted by atomic mass is 10.1. The molecule has 1 unspecified atom stereocenters. The van der Waals surface area contributed by atoms with Crippen LogP contribution in [0.3, 0.4) is 0 Å². The van der Waals surface area contributed by atoms with Gasteiger partial charge >= 0.3 is 0 Å². The number of aromatic nitrogens is 1. The van der Waals surface area contributed by atoms with Crippen molar-refractivity contribution in [3.8, 4) is 0 Å². The van der Waals surface area contributed by atoms with Crippen LogP contribution in [0, 0.1) is 0 Å². The summed E-state index contributed by atoms with van der Waals surface area (Å²) in [5, 5.41) is 3.54. The molecule has 0 amide bonds. The summed E-state index contributed by atoms with van der Waals surface area (Å²) in [6.07, 6.45) is 4.61. The molecule has 1 heterocycles. The van der Waals surface area contributed by atoms with Crippen LogP contribution in [0.25, 0.3) is 0 Å². The first-order chi connectivity index (χ1) is 9.31. The van der Waals surface area contributed by atoms with Crippen LogP contribution in [0.1, 0.15) is 24.1 Å². The molecule has 3 nitrogen and oxygen atoms in total. The second-order valence-electron chi connectivity index (χ2n) is 4.55. The first kappa shape index (κ1) is 13.6. The molecule has 0 aliphatic heterocycles. The van der Waals surface area contributed by atoms with Gasteiger partial charge in [0.2, 0.25) is 0 Å². The third-order valence-electron chi connectivity index (χ3n) is 3.15. The third-order valence-corrected chi connectivity index (χ3v) is 3.15. The number of pyridine rings is 1. The summed E-state index contributed by atoms with van der Waals surface area (Å²) in [7, 11) is 1.73. The maximum atomic E-state index is 5.15. The second-order valence-corrected chi connectivity index (χ2v) is 4.55. The van der Waals surface area contributed by atoms with Crippen LogP contribution in [-0.2, 0) is 11.2 Å². The number of hydrogen-bond acceptors (Lipinski definition) is 3. The number of nitrogens with zero attached hydrogens (tertiary/aromatic N) is 1. The average Bonchev–Trinajstić information content (AvgIpc) is 2.47. The van der Waals surface area contributed by atoms with E-state index >= 15 is 0 Å². The summed E-state index contributed by atoms with van der Waals surface area (Å²) in [5.74, 6) is 0. The molecule has 1 N–H and O–H groups in total. The molecular weight excluding hydrogens is 236 g/mol. The molecule has 3 heteroatoms. The van der Waals surface area contributed by atoms with Crippen molar-refractivity contribution in [3.63, 3.8) is 0 Å². The van der Waals surface area contributed by atoms with E-state index in [1.54, 1.807) is 13.3 Å². The Balaban J connectivity index is 2.10. The van der Waals surface area contributed by atoms with Crippen molar-refractivity contribution in [3.05, 3.63) is 59.9 Å². The number of hydrogen-bond donors (Lipinski definition) is 1. The Morgan fingerprint density at radius 1 is 1.21 bits per heavy atom. The van der Waals surface area contributed by atoms with E-state index in [1.165, 1.54) is 11.1 Å². The highest BCUT2D eigenvalue weighted by Gasteiger charge is 2.07. The molecule has 0 aliphatic rings. The quantitative estimate of drug-likeness (QED) is 0.859. The summed E-state index contributed by atoms with van der Waals surface area (Å²) in [6.45, 7) is 2.88. The molecular formula is C16H20N2O. The van der Waals surface area contributed by atoms with E-state index < -0.39 is 0 Å². The van der Waals surface area contributed by atoms with Crippen LogP contribution in [0.5, 0.6) is 0 Å². The Morgan fingerprint density at radius 2 is 2.05 bits per heavy atom. The van der Waals surface area contributed by atoms with Gasteiger partial charge in [0, 0.05) is 25.2 Å². The van der Waals surface area contributed by atoms with Crippen molar-refractivity contribution in [2.24, 2.45) is 0 Å². The van der Waals surface area contributed by atoms with Gasteiger partial charge in [-0.25, -0.2) is 0 Å². The highest BCUT2D eigenvalue weighted by atomic mass is 16.5. The number of rotatable bonds is 6. The molecule has 1 aromatic heterocycles. The van der Waals surface area contributed by atoms with E-state index in [2.05, 4.69) is 47.6 Å². The Hall–Kier alpha value is -1.87. The molecule has 0 saturated heterocycles. The van der Waals surface area contributed by atoms with Crippen LogP contribution >= 0.6 is 0 Å². The number of para-hydroxylation sites is 1. The van der Waals surface area contributed by atoms with Gasteiger partial charge in [-0.05, 0) is 36.6 Å². The Morgan fingerprint density at radius 3 is 2.79 bits per heavy atom. The van der Waals surface area contributed by atoms with Gasteiger partial charge < -0.3 is 10.1 Å². The molecule has 1 aromatic carbocycles. The predicted molar refractivity (Wildman–Crippen MR) is 78.3 cm³/mol. The smallest absolute Gasteiger partial charge is 0.0503 e. The number of nitrogens with one attached hydrogen (secondary N) is 1. The largest absolute Gasteiger partial charge is 0.384 e. The van der Waals surface area contributed by atoms with Crippen molar-refractivity contribution in [2.45, 2.75) is 19.4 Å². The molecule has 19 heavy (non-hydrogen) atoms. The fraction of sp³-hybridized carbons (Fsp3) is 0.312. The highest BCUT2D eigenvalue weighted by molar-refractivity contribution is 5.52. The number of methoxy groups -OCH3 is 1. The Labute approximate surface area is 114 Å². The molecule has 2 aromatic rings. The number of benzene rings is 1. The molecule has 0 saturated carbocycles. The summed E-state index contributed by atoms with van der Waals surface area (Å²) >= 11 is 0. The van der Waals surface area contributed by atoms with Crippen LogP contribution in [-0.4, -0.2) is 18.7 Å². The van der Waals surface area contributed by atoms with E-state index in [0.717, 1.165) is 18.7 Å². The first-order valence-electron chi connectivity index (χ1n) is 6.54. The van der Waals surface area contributed by atoms with E-state index in [0.29, 0.717) is 0 Å². The number of ether oxygens (including phenoxy) is 1. The third kappa shape index (κ3) is 3.80. The first-order valence-corrected chi connectivity index (χ1v) is 6.54. The van der Waals surface area contributed by atoms with Gasteiger partial charge in [-0.2, -0.15) is 0 Å². The van der Waals surface area contributed by atoms with Gasteiger partial charge in [-0.1, -0.05) is 24.3 Å². The Bertz CT molecular complexity index is 499. The molecule has 2 rings (SSSR count). The summed E-state index contributed by atoms with van der Waals surface area (Å²) < 4.78 is 5.15. The molecule has 0 fully saturated rings. The standard InChI is InChI=1S/C16H20N2O/c1-13(15-7-5-10-17-12-15)18-16-8-4-3-6-14(16)9-11-19-2/h3-8,10,12-13,18H,9,11H2,1-2H3. The van der Waals surface area contributed by atoms with Crippen molar-refractivity contribution in [1.82, 2.24) is 4.98 Å². The van der Waals surface area contributed by atoms with E-state index in [4.69, 9.17) is 4.74 Å². The molecule has 1 atom stereocenters. The SMILES string of the molecule is COCCc1ccccc1NC(C)c1cccnc1. The van der Waals surface area contributed by atoms with Crippen LogP contribution < -0.4 is 5.32 Å². The van der Waals surface area contributed by atoms with Gasteiger partial charge in [0.05, 0.1) is 12.6 Å². The predicted octanol–water partition coefficient (Wildman–Crippen LogP) is 3.44. The minimum Gasteiger partial charge on any atom is -0.384 e. The summed E-state index contributed by atoms with van der Waals surface area (Å²) in [4.78, 5) is 4.16. The van der Waals surface area contributed by atoms with Crippen LogP contribution in [0.4, 0.5) is 5.69 Å². The lowest BCUT2D eigenvalue weighted by Crippen LogP contribution is -2.09. The monoisotopic (exact) mass is 256 g/mol.